The average molecular weight is 342 g/mol. The van der Waals surface area contributed by atoms with Crippen LogP contribution >= 0.6 is 12.4 Å². The number of hydrogen-bond acceptors (Lipinski definition) is 3. The van der Waals surface area contributed by atoms with Crippen LogP contribution in [0, 0.1) is 11.7 Å². The molecule has 1 aliphatic heterocycles. The van der Waals surface area contributed by atoms with Crippen LogP contribution in [0.5, 0.6) is 0 Å². The van der Waals surface area contributed by atoms with Gasteiger partial charge in [-0.2, -0.15) is 0 Å². The normalized spacial score (nSPS) is 22.8. The van der Waals surface area contributed by atoms with E-state index in [0.29, 0.717) is 24.9 Å². The van der Waals surface area contributed by atoms with Crippen molar-refractivity contribution in [1.29, 1.82) is 0 Å². The van der Waals surface area contributed by atoms with Gasteiger partial charge in [-0.05, 0) is 42.9 Å². The van der Waals surface area contributed by atoms with Gasteiger partial charge >= 0.3 is 0 Å². The summed E-state index contributed by atoms with van der Waals surface area (Å²) in [5.74, 6) is -0.629. The Bertz CT molecular complexity index is 624. The maximum absolute atomic E-state index is 14.1. The molecule has 2 aliphatic rings. The molecule has 1 saturated carbocycles. The molecule has 23 heavy (non-hydrogen) atoms. The van der Waals surface area contributed by atoms with Gasteiger partial charge in [-0.3, -0.25) is 9.59 Å². The number of halogens is 2. The first-order chi connectivity index (χ1) is 10.5. The highest BCUT2D eigenvalue weighted by molar-refractivity contribution is 5.96. The van der Waals surface area contributed by atoms with Crippen LogP contribution in [0.4, 0.5) is 15.8 Å². The summed E-state index contributed by atoms with van der Waals surface area (Å²) in [5, 5.41) is 5.31. The summed E-state index contributed by atoms with van der Waals surface area (Å²) in [6, 6.07) is 2.93. The standard InChI is InChI=1S/C16H20FN3O2.ClH/c17-11-6-10-4-5-15(21)19-13(10)8-14(11)20-16(22)7-9-2-1-3-12(9)18;/h6,8-9,12H,1-5,7,18H2,(H,19,21)(H,20,22);1H/t9-,12+;/m0./s1. The summed E-state index contributed by atoms with van der Waals surface area (Å²) in [6.07, 6.45) is 4.11. The van der Waals surface area contributed by atoms with E-state index in [1.54, 1.807) is 0 Å². The summed E-state index contributed by atoms with van der Waals surface area (Å²) in [5.41, 5.74) is 7.40. The highest BCUT2D eigenvalue weighted by atomic mass is 35.5. The molecule has 0 radical (unpaired) electrons. The van der Waals surface area contributed by atoms with E-state index in [2.05, 4.69) is 10.6 Å². The Morgan fingerprint density at radius 1 is 1.35 bits per heavy atom. The van der Waals surface area contributed by atoms with Gasteiger partial charge in [-0.25, -0.2) is 4.39 Å². The van der Waals surface area contributed by atoms with E-state index in [1.807, 2.05) is 0 Å². The fourth-order valence-corrected chi connectivity index (χ4v) is 3.25. The number of hydrogen-bond donors (Lipinski definition) is 3. The molecule has 0 spiro atoms. The molecule has 1 aromatic rings. The molecule has 0 bridgehead atoms. The van der Waals surface area contributed by atoms with E-state index in [1.165, 1.54) is 12.1 Å². The number of aryl methyl sites for hydroxylation is 1. The van der Waals surface area contributed by atoms with Crippen molar-refractivity contribution in [2.75, 3.05) is 10.6 Å². The lowest BCUT2D eigenvalue weighted by Gasteiger charge is -2.19. The molecular weight excluding hydrogens is 321 g/mol. The first-order valence-corrected chi connectivity index (χ1v) is 7.70. The van der Waals surface area contributed by atoms with Gasteiger partial charge in [0.2, 0.25) is 11.8 Å². The summed E-state index contributed by atoms with van der Waals surface area (Å²) in [7, 11) is 0. The predicted octanol–water partition coefficient (Wildman–Crippen LogP) is 2.59. The minimum atomic E-state index is -0.473. The van der Waals surface area contributed by atoms with Crippen LogP contribution in [0.25, 0.3) is 0 Å². The number of rotatable bonds is 3. The molecule has 7 heteroatoms. The van der Waals surface area contributed by atoms with Crippen LogP contribution in [-0.2, 0) is 16.0 Å². The van der Waals surface area contributed by atoms with Crippen molar-refractivity contribution in [3.8, 4) is 0 Å². The molecule has 4 N–H and O–H groups in total. The SMILES string of the molecule is Cl.N[C@@H]1CCC[C@H]1CC(=O)Nc1cc2c(cc1F)CCC(=O)N2. The number of nitrogens with two attached hydrogens (primary N) is 1. The Morgan fingerprint density at radius 3 is 2.83 bits per heavy atom. The van der Waals surface area contributed by atoms with Crippen LogP contribution in [0.3, 0.4) is 0 Å². The number of fused-ring (bicyclic) bond motifs is 1. The number of carbonyl (C=O) groups is 2. The first-order valence-electron chi connectivity index (χ1n) is 7.70. The van der Waals surface area contributed by atoms with Crippen LogP contribution in [0.2, 0.25) is 0 Å². The van der Waals surface area contributed by atoms with Crippen molar-refractivity contribution in [2.45, 2.75) is 44.6 Å². The topological polar surface area (TPSA) is 84.2 Å². The second-order valence-corrected chi connectivity index (χ2v) is 6.14. The molecule has 2 atom stereocenters. The lowest BCUT2D eigenvalue weighted by Crippen LogP contribution is -2.28. The molecular formula is C16H21ClFN3O2. The Labute approximate surface area is 140 Å². The maximum atomic E-state index is 14.1. The van der Waals surface area contributed by atoms with Crippen molar-refractivity contribution in [2.24, 2.45) is 11.7 Å². The quantitative estimate of drug-likeness (QED) is 0.790. The maximum Gasteiger partial charge on any atom is 0.224 e. The van der Waals surface area contributed by atoms with Crippen LogP contribution < -0.4 is 16.4 Å². The van der Waals surface area contributed by atoms with E-state index < -0.39 is 5.82 Å². The molecule has 0 unspecified atom stereocenters. The minimum Gasteiger partial charge on any atom is -0.327 e. The molecule has 1 heterocycles. The predicted molar refractivity (Wildman–Crippen MR) is 89.2 cm³/mol. The third kappa shape index (κ3) is 4.00. The fourth-order valence-electron chi connectivity index (χ4n) is 3.25. The van der Waals surface area contributed by atoms with Gasteiger partial charge in [0.05, 0.1) is 5.69 Å². The average Bonchev–Trinajstić information content (AvgIpc) is 2.85. The molecule has 0 aromatic heterocycles. The molecule has 1 fully saturated rings. The molecule has 3 rings (SSSR count). The third-order valence-electron chi connectivity index (χ3n) is 4.53. The monoisotopic (exact) mass is 341 g/mol. The highest BCUT2D eigenvalue weighted by Crippen LogP contribution is 2.30. The van der Waals surface area contributed by atoms with Crippen molar-refractivity contribution in [3.63, 3.8) is 0 Å². The first kappa shape index (κ1) is 17.7. The molecule has 1 aromatic carbocycles. The van der Waals surface area contributed by atoms with Crippen LogP contribution in [0.15, 0.2) is 12.1 Å². The summed E-state index contributed by atoms with van der Waals surface area (Å²) < 4.78 is 14.1. The van der Waals surface area contributed by atoms with E-state index in [0.717, 1.165) is 24.8 Å². The third-order valence-corrected chi connectivity index (χ3v) is 4.53. The van der Waals surface area contributed by atoms with Gasteiger partial charge in [0.15, 0.2) is 0 Å². The molecule has 126 valence electrons. The summed E-state index contributed by atoms with van der Waals surface area (Å²) in [6.45, 7) is 0. The fraction of sp³-hybridized carbons (Fsp3) is 0.500. The van der Waals surface area contributed by atoms with Gasteiger partial charge in [0.25, 0.3) is 0 Å². The number of benzene rings is 1. The zero-order valence-corrected chi connectivity index (χ0v) is 13.5. The van der Waals surface area contributed by atoms with Crippen molar-refractivity contribution in [1.82, 2.24) is 0 Å². The van der Waals surface area contributed by atoms with Gasteiger partial charge in [0, 0.05) is 24.6 Å². The number of amides is 2. The van der Waals surface area contributed by atoms with Gasteiger partial charge in [0.1, 0.15) is 5.82 Å². The molecule has 5 nitrogen and oxygen atoms in total. The van der Waals surface area contributed by atoms with Crippen LogP contribution in [-0.4, -0.2) is 17.9 Å². The second kappa shape index (κ2) is 7.27. The minimum absolute atomic E-state index is 0. The van der Waals surface area contributed by atoms with Gasteiger partial charge in [-0.1, -0.05) is 6.42 Å². The highest BCUT2D eigenvalue weighted by Gasteiger charge is 2.26. The smallest absolute Gasteiger partial charge is 0.224 e. The largest absolute Gasteiger partial charge is 0.327 e. The van der Waals surface area contributed by atoms with Gasteiger partial charge in [-0.15, -0.1) is 12.4 Å². The Morgan fingerprint density at radius 2 is 2.13 bits per heavy atom. The Hall–Kier alpha value is -1.66. The lowest BCUT2D eigenvalue weighted by molar-refractivity contribution is -0.117. The van der Waals surface area contributed by atoms with Crippen molar-refractivity contribution in [3.05, 3.63) is 23.5 Å². The van der Waals surface area contributed by atoms with Crippen molar-refractivity contribution >= 4 is 35.6 Å². The molecule has 2 amide bonds. The van der Waals surface area contributed by atoms with Crippen molar-refractivity contribution < 1.29 is 14.0 Å². The number of carbonyl (C=O) groups excluding carboxylic acids is 2. The van der Waals surface area contributed by atoms with Crippen LogP contribution in [0.1, 0.15) is 37.7 Å². The molecule has 0 saturated heterocycles. The number of anilines is 2. The summed E-state index contributed by atoms with van der Waals surface area (Å²) in [4.78, 5) is 23.5. The zero-order valence-electron chi connectivity index (χ0n) is 12.7. The zero-order chi connectivity index (χ0) is 15.7. The lowest BCUT2D eigenvalue weighted by atomic mass is 9.99. The van der Waals surface area contributed by atoms with Gasteiger partial charge < -0.3 is 16.4 Å². The Balaban J connectivity index is 0.00000192. The van der Waals surface area contributed by atoms with E-state index in [4.69, 9.17) is 5.73 Å². The second-order valence-electron chi connectivity index (χ2n) is 6.14. The van der Waals surface area contributed by atoms with E-state index >= 15 is 0 Å². The molecule has 1 aliphatic carbocycles. The Kier molecular flexibility index (Phi) is 5.59. The van der Waals surface area contributed by atoms with E-state index in [9.17, 15) is 14.0 Å². The summed E-state index contributed by atoms with van der Waals surface area (Å²) >= 11 is 0. The number of nitrogens with one attached hydrogen (secondary N) is 2. The van der Waals surface area contributed by atoms with E-state index in [-0.39, 0.29) is 41.9 Å².